The number of aryl methyl sites for hydroxylation is 1. The predicted molar refractivity (Wildman–Crippen MR) is 75.2 cm³/mol. The van der Waals surface area contributed by atoms with Crippen LogP contribution in [0.1, 0.15) is 16.2 Å². The summed E-state index contributed by atoms with van der Waals surface area (Å²) in [6, 6.07) is 8.21. The number of benzene rings is 1. The van der Waals surface area contributed by atoms with Gasteiger partial charge in [-0.05, 0) is 25.1 Å². The van der Waals surface area contributed by atoms with Gasteiger partial charge in [0.25, 0.3) is 0 Å². The van der Waals surface area contributed by atoms with E-state index in [0.717, 1.165) is 0 Å². The largest absolute Gasteiger partial charge is 0.486 e. The highest BCUT2D eigenvalue weighted by atomic mass is 35.5. The molecule has 0 unspecified atom stereocenters. The molecule has 1 heterocycles. The molecule has 0 aliphatic heterocycles. The highest BCUT2D eigenvalue weighted by molar-refractivity contribution is 6.30. The molecule has 1 aromatic carbocycles. The minimum Gasteiger partial charge on any atom is -0.486 e. The summed E-state index contributed by atoms with van der Waals surface area (Å²) in [5.41, 5.74) is 5.58. The molecule has 2 aromatic rings. The number of nitrogens with zero attached hydrogens (tertiary/aromatic N) is 2. The van der Waals surface area contributed by atoms with E-state index in [1.807, 2.05) is 0 Å². The van der Waals surface area contributed by atoms with E-state index in [4.69, 9.17) is 26.6 Å². The Balaban J connectivity index is 1.85. The van der Waals surface area contributed by atoms with Gasteiger partial charge in [-0.3, -0.25) is 0 Å². The topological polar surface area (TPSA) is 99.9 Å². The highest BCUT2D eigenvalue weighted by Gasteiger charge is 2.12. The molecular weight excluding hydrogens is 298 g/mol. The lowest BCUT2D eigenvalue weighted by Gasteiger charge is -2.05. The van der Waals surface area contributed by atoms with Gasteiger partial charge in [0.05, 0.1) is 0 Å². The summed E-state index contributed by atoms with van der Waals surface area (Å²) in [6.07, 6.45) is 0. The molecule has 1 aromatic heterocycles. The van der Waals surface area contributed by atoms with Gasteiger partial charge in [0, 0.05) is 11.1 Å². The van der Waals surface area contributed by atoms with E-state index in [0.29, 0.717) is 16.5 Å². The Kier molecular flexibility index (Phi) is 4.78. The van der Waals surface area contributed by atoms with E-state index >= 15 is 0 Å². The maximum atomic E-state index is 11.5. The number of carbonyl (C=O) groups excluding carboxylic acids is 1. The van der Waals surface area contributed by atoms with Gasteiger partial charge in [0.15, 0.2) is 11.5 Å². The summed E-state index contributed by atoms with van der Waals surface area (Å²) in [4.78, 5) is 16.1. The van der Waals surface area contributed by atoms with Crippen LogP contribution in [0.2, 0.25) is 5.02 Å². The fourth-order valence-corrected chi connectivity index (χ4v) is 1.53. The molecule has 0 atom stereocenters. The third-order valence-corrected chi connectivity index (χ3v) is 2.50. The van der Waals surface area contributed by atoms with E-state index < -0.39 is 5.97 Å². The molecule has 8 heteroatoms. The summed E-state index contributed by atoms with van der Waals surface area (Å²) in [7, 11) is 0. The van der Waals surface area contributed by atoms with Gasteiger partial charge in [-0.15, -0.1) is 0 Å². The lowest BCUT2D eigenvalue weighted by molar-refractivity contribution is 0.0501. The third-order valence-electron chi connectivity index (χ3n) is 2.27. The van der Waals surface area contributed by atoms with Crippen molar-refractivity contribution in [1.29, 1.82) is 0 Å². The SMILES string of the molecule is Cc1cc(C(=O)ON=C(N)COc2cccc(Cl)c2)no1. The van der Waals surface area contributed by atoms with Crippen molar-refractivity contribution in [3.8, 4) is 5.75 Å². The van der Waals surface area contributed by atoms with Crippen LogP contribution in [0.5, 0.6) is 5.75 Å². The van der Waals surface area contributed by atoms with Crippen LogP contribution in [-0.4, -0.2) is 23.6 Å². The number of ether oxygens (including phenoxy) is 1. The van der Waals surface area contributed by atoms with Crippen molar-refractivity contribution in [3.05, 3.63) is 46.8 Å². The number of oxime groups is 1. The zero-order valence-electron chi connectivity index (χ0n) is 11.1. The van der Waals surface area contributed by atoms with E-state index in [2.05, 4.69) is 15.1 Å². The minimum absolute atomic E-state index is 0.0106. The van der Waals surface area contributed by atoms with Gasteiger partial charge < -0.3 is 19.8 Å². The first-order valence-electron chi connectivity index (χ1n) is 5.90. The number of carbonyl (C=O) groups is 1. The Morgan fingerprint density at radius 1 is 1.48 bits per heavy atom. The second kappa shape index (κ2) is 6.76. The Hall–Kier alpha value is -2.54. The molecule has 2 rings (SSSR count). The summed E-state index contributed by atoms with van der Waals surface area (Å²) in [5, 5.41) is 7.48. The van der Waals surface area contributed by atoms with Gasteiger partial charge in [-0.1, -0.05) is 28.0 Å². The lowest BCUT2D eigenvalue weighted by atomic mass is 10.3. The van der Waals surface area contributed by atoms with Gasteiger partial charge >= 0.3 is 5.97 Å². The second-order valence-electron chi connectivity index (χ2n) is 4.03. The van der Waals surface area contributed by atoms with E-state index in [-0.39, 0.29) is 18.1 Å². The molecule has 0 amide bonds. The molecule has 0 saturated heterocycles. The minimum atomic E-state index is -0.766. The average molecular weight is 310 g/mol. The lowest BCUT2D eigenvalue weighted by Crippen LogP contribution is -2.22. The van der Waals surface area contributed by atoms with Gasteiger partial charge in [0.2, 0.25) is 0 Å². The summed E-state index contributed by atoms with van der Waals surface area (Å²) < 4.78 is 10.1. The number of hydrogen-bond donors (Lipinski definition) is 1. The number of amidine groups is 1. The number of nitrogens with two attached hydrogens (primary N) is 1. The molecule has 0 aliphatic carbocycles. The van der Waals surface area contributed by atoms with Crippen LogP contribution in [0.15, 0.2) is 40.0 Å². The normalized spacial score (nSPS) is 11.2. The van der Waals surface area contributed by atoms with Crippen molar-refractivity contribution >= 4 is 23.4 Å². The fourth-order valence-electron chi connectivity index (χ4n) is 1.35. The van der Waals surface area contributed by atoms with Gasteiger partial charge in [-0.2, -0.15) is 0 Å². The van der Waals surface area contributed by atoms with Crippen LogP contribution in [-0.2, 0) is 4.84 Å². The smallest absolute Gasteiger partial charge is 0.387 e. The molecule has 0 saturated carbocycles. The molecule has 0 aliphatic rings. The monoisotopic (exact) mass is 309 g/mol. The molecule has 0 fully saturated rings. The molecule has 0 spiro atoms. The van der Waals surface area contributed by atoms with Crippen molar-refractivity contribution < 1.29 is 18.9 Å². The first kappa shape index (κ1) is 14.9. The molecular formula is C13H12ClN3O4. The molecule has 0 bridgehead atoms. The van der Waals surface area contributed by atoms with Crippen molar-refractivity contribution in [2.45, 2.75) is 6.92 Å². The first-order chi connectivity index (χ1) is 10.0. The Morgan fingerprint density at radius 3 is 2.95 bits per heavy atom. The molecule has 110 valence electrons. The zero-order valence-corrected chi connectivity index (χ0v) is 11.8. The summed E-state index contributed by atoms with van der Waals surface area (Å²) >= 11 is 5.81. The van der Waals surface area contributed by atoms with Crippen molar-refractivity contribution in [3.63, 3.8) is 0 Å². The molecule has 0 radical (unpaired) electrons. The molecule has 21 heavy (non-hydrogen) atoms. The van der Waals surface area contributed by atoms with Crippen molar-refractivity contribution in [1.82, 2.24) is 5.16 Å². The number of rotatable bonds is 5. The van der Waals surface area contributed by atoms with E-state index in [1.165, 1.54) is 6.07 Å². The zero-order chi connectivity index (χ0) is 15.2. The van der Waals surface area contributed by atoms with E-state index in [1.54, 1.807) is 31.2 Å². The van der Waals surface area contributed by atoms with Crippen LogP contribution in [0, 0.1) is 6.92 Å². The maximum absolute atomic E-state index is 11.5. The predicted octanol–water partition coefficient (Wildman–Crippen LogP) is 2.14. The third kappa shape index (κ3) is 4.50. The first-order valence-corrected chi connectivity index (χ1v) is 6.28. The Morgan fingerprint density at radius 2 is 2.29 bits per heavy atom. The number of halogens is 1. The van der Waals surface area contributed by atoms with Crippen molar-refractivity contribution in [2.24, 2.45) is 10.9 Å². The molecule has 7 nitrogen and oxygen atoms in total. The quantitative estimate of drug-likeness (QED) is 0.393. The van der Waals surface area contributed by atoms with Crippen molar-refractivity contribution in [2.75, 3.05) is 6.61 Å². The van der Waals surface area contributed by atoms with Gasteiger partial charge in [-0.25, -0.2) is 4.79 Å². The Bertz CT molecular complexity index is 669. The van der Waals surface area contributed by atoms with E-state index in [9.17, 15) is 4.79 Å². The van der Waals surface area contributed by atoms with Crippen LogP contribution in [0.3, 0.4) is 0 Å². The highest BCUT2D eigenvalue weighted by Crippen LogP contribution is 2.16. The molecule has 2 N–H and O–H groups in total. The summed E-state index contributed by atoms with van der Waals surface area (Å²) in [6.45, 7) is 1.60. The Labute approximate surface area is 125 Å². The maximum Gasteiger partial charge on any atom is 0.387 e. The second-order valence-corrected chi connectivity index (χ2v) is 4.47. The summed E-state index contributed by atoms with van der Waals surface area (Å²) in [5.74, 6) is 0.239. The van der Waals surface area contributed by atoms with Crippen LogP contribution in [0.25, 0.3) is 0 Å². The fraction of sp³-hybridized carbons (Fsp3) is 0.154. The number of aromatic nitrogens is 1. The van der Waals surface area contributed by atoms with Crippen LogP contribution < -0.4 is 10.5 Å². The van der Waals surface area contributed by atoms with Gasteiger partial charge in [0.1, 0.15) is 18.1 Å². The number of hydrogen-bond acceptors (Lipinski definition) is 6. The standard InChI is InChI=1S/C13H12ClN3O4/c1-8-5-11(16-20-8)13(18)21-17-12(15)7-19-10-4-2-3-9(14)6-10/h2-6H,7H2,1H3,(H2,15,17). The van der Waals surface area contributed by atoms with Crippen LogP contribution in [0.4, 0.5) is 0 Å². The van der Waals surface area contributed by atoms with Crippen LogP contribution >= 0.6 is 11.6 Å². The average Bonchev–Trinajstić information content (AvgIpc) is 2.89.